The van der Waals surface area contributed by atoms with Crippen LogP contribution >= 0.6 is 0 Å². The van der Waals surface area contributed by atoms with Crippen LogP contribution in [-0.4, -0.2) is 48.9 Å². The smallest absolute Gasteiger partial charge is 0.272 e. The van der Waals surface area contributed by atoms with E-state index < -0.39 is 0 Å². The van der Waals surface area contributed by atoms with Crippen molar-refractivity contribution in [3.8, 4) is 0 Å². The molecular formula is C15H20N6O. The van der Waals surface area contributed by atoms with Crippen molar-refractivity contribution >= 4 is 5.91 Å². The molecule has 0 bridgehead atoms. The summed E-state index contributed by atoms with van der Waals surface area (Å²) in [5.41, 5.74) is 0.647. The average molecular weight is 300 g/mol. The third kappa shape index (κ3) is 2.40. The highest BCUT2D eigenvalue weighted by Crippen LogP contribution is 2.38. The van der Waals surface area contributed by atoms with E-state index in [9.17, 15) is 4.79 Å². The standard InChI is InChI=1S/C15H20N6O/c1-20-12(4-7-16-20)15(22)21-8-5-11(6-9-21)14-17-13(18-19-14)10-2-3-10/h4,7,10-11H,2-3,5-6,8-9H2,1H3,(H,17,18,19). The van der Waals surface area contributed by atoms with E-state index in [0.717, 1.165) is 37.6 Å². The van der Waals surface area contributed by atoms with Gasteiger partial charge in [-0.2, -0.15) is 10.2 Å². The van der Waals surface area contributed by atoms with Gasteiger partial charge < -0.3 is 4.90 Å². The van der Waals surface area contributed by atoms with Gasteiger partial charge in [-0.3, -0.25) is 14.6 Å². The van der Waals surface area contributed by atoms with Crippen LogP contribution in [0, 0.1) is 0 Å². The lowest BCUT2D eigenvalue weighted by Crippen LogP contribution is -2.38. The lowest BCUT2D eigenvalue weighted by Gasteiger charge is -2.30. The molecule has 0 unspecified atom stereocenters. The SMILES string of the molecule is Cn1nccc1C(=O)N1CCC(c2nc(C3CC3)n[nH]2)CC1. The van der Waals surface area contributed by atoms with Gasteiger partial charge in [0, 0.05) is 38.2 Å². The monoisotopic (exact) mass is 300 g/mol. The molecule has 7 heteroatoms. The minimum atomic E-state index is 0.0645. The highest BCUT2D eigenvalue weighted by Gasteiger charge is 2.31. The van der Waals surface area contributed by atoms with Crippen molar-refractivity contribution in [1.82, 2.24) is 29.9 Å². The van der Waals surface area contributed by atoms with Crippen LogP contribution in [0.1, 0.15) is 59.7 Å². The Balaban J connectivity index is 1.39. The molecule has 0 aromatic carbocycles. The van der Waals surface area contributed by atoms with Gasteiger partial charge in [0.1, 0.15) is 11.5 Å². The molecule has 1 aliphatic heterocycles. The van der Waals surface area contributed by atoms with Crippen LogP contribution in [0.2, 0.25) is 0 Å². The fraction of sp³-hybridized carbons (Fsp3) is 0.600. The van der Waals surface area contributed by atoms with Crippen molar-refractivity contribution in [1.29, 1.82) is 0 Å². The zero-order valence-corrected chi connectivity index (χ0v) is 12.7. The molecule has 1 N–H and O–H groups in total. The van der Waals surface area contributed by atoms with Crippen molar-refractivity contribution in [2.24, 2.45) is 7.05 Å². The highest BCUT2D eigenvalue weighted by atomic mass is 16.2. The maximum Gasteiger partial charge on any atom is 0.272 e. The highest BCUT2D eigenvalue weighted by molar-refractivity contribution is 5.92. The van der Waals surface area contributed by atoms with Gasteiger partial charge in [0.15, 0.2) is 5.82 Å². The molecule has 1 aliphatic carbocycles. The fourth-order valence-corrected chi connectivity index (χ4v) is 3.10. The molecule has 1 amide bonds. The Morgan fingerprint density at radius 1 is 1.23 bits per heavy atom. The fourth-order valence-electron chi connectivity index (χ4n) is 3.10. The predicted molar refractivity (Wildman–Crippen MR) is 79.4 cm³/mol. The molecule has 1 saturated carbocycles. The zero-order valence-electron chi connectivity index (χ0n) is 12.7. The van der Waals surface area contributed by atoms with Crippen LogP contribution in [0.15, 0.2) is 12.3 Å². The number of likely N-dealkylation sites (tertiary alicyclic amines) is 1. The Morgan fingerprint density at radius 3 is 2.64 bits per heavy atom. The summed E-state index contributed by atoms with van der Waals surface area (Å²) in [6, 6.07) is 1.77. The number of aromatic nitrogens is 5. The van der Waals surface area contributed by atoms with Crippen LogP contribution in [0.5, 0.6) is 0 Å². The summed E-state index contributed by atoms with van der Waals surface area (Å²) in [6.45, 7) is 1.52. The number of aromatic amines is 1. The Kier molecular flexibility index (Phi) is 3.20. The summed E-state index contributed by atoms with van der Waals surface area (Å²) < 4.78 is 1.63. The van der Waals surface area contributed by atoms with Crippen molar-refractivity contribution in [3.63, 3.8) is 0 Å². The minimum absolute atomic E-state index is 0.0645. The van der Waals surface area contributed by atoms with E-state index in [4.69, 9.17) is 0 Å². The molecule has 22 heavy (non-hydrogen) atoms. The summed E-state index contributed by atoms with van der Waals surface area (Å²) in [5, 5.41) is 11.5. The molecule has 2 aromatic heterocycles. The van der Waals surface area contributed by atoms with Crippen molar-refractivity contribution in [3.05, 3.63) is 29.6 Å². The average Bonchev–Trinajstić information content (AvgIpc) is 3.12. The van der Waals surface area contributed by atoms with Gasteiger partial charge in [0.05, 0.1) is 0 Å². The summed E-state index contributed by atoms with van der Waals surface area (Å²) in [7, 11) is 1.80. The van der Waals surface area contributed by atoms with E-state index in [-0.39, 0.29) is 5.91 Å². The first-order valence-electron chi connectivity index (χ1n) is 7.92. The molecule has 7 nitrogen and oxygen atoms in total. The predicted octanol–water partition coefficient (Wildman–Crippen LogP) is 1.44. The van der Waals surface area contributed by atoms with Gasteiger partial charge in [-0.1, -0.05) is 0 Å². The van der Waals surface area contributed by atoms with Gasteiger partial charge >= 0.3 is 0 Å². The summed E-state index contributed by atoms with van der Waals surface area (Å²) >= 11 is 0. The summed E-state index contributed by atoms with van der Waals surface area (Å²) in [4.78, 5) is 19.0. The van der Waals surface area contributed by atoms with E-state index in [0.29, 0.717) is 17.5 Å². The normalized spacial score (nSPS) is 19.6. The molecule has 0 radical (unpaired) electrons. The van der Waals surface area contributed by atoms with Gasteiger partial charge in [-0.15, -0.1) is 0 Å². The molecule has 2 aromatic rings. The number of piperidine rings is 1. The molecule has 4 rings (SSSR count). The number of hydrogen-bond donors (Lipinski definition) is 1. The van der Waals surface area contributed by atoms with E-state index >= 15 is 0 Å². The van der Waals surface area contributed by atoms with Crippen LogP contribution < -0.4 is 0 Å². The van der Waals surface area contributed by atoms with Gasteiger partial charge in [-0.05, 0) is 31.7 Å². The lowest BCUT2D eigenvalue weighted by atomic mass is 9.96. The van der Waals surface area contributed by atoms with E-state index in [1.807, 2.05) is 4.90 Å². The lowest BCUT2D eigenvalue weighted by molar-refractivity contribution is 0.0700. The largest absolute Gasteiger partial charge is 0.337 e. The van der Waals surface area contributed by atoms with Crippen molar-refractivity contribution in [2.75, 3.05) is 13.1 Å². The van der Waals surface area contributed by atoms with Crippen LogP contribution in [-0.2, 0) is 7.05 Å². The molecule has 0 atom stereocenters. The van der Waals surface area contributed by atoms with Crippen molar-refractivity contribution in [2.45, 2.75) is 37.5 Å². The molecule has 2 fully saturated rings. The van der Waals surface area contributed by atoms with E-state index in [1.165, 1.54) is 12.8 Å². The van der Waals surface area contributed by atoms with E-state index in [2.05, 4.69) is 20.3 Å². The van der Waals surface area contributed by atoms with Crippen LogP contribution in [0.3, 0.4) is 0 Å². The number of nitrogens with zero attached hydrogens (tertiary/aromatic N) is 5. The number of carbonyl (C=O) groups excluding carboxylic acids is 1. The number of nitrogens with one attached hydrogen (secondary N) is 1. The first kappa shape index (κ1) is 13.5. The minimum Gasteiger partial charge on any atom is -0.337 e. The number of amides is 1. The third-order valence-corrected chi connectivity index (χ3v) is 4.67. The molecule has 1 saturated heterocycles. The number of carbonyl (C=O) groups is 1. The maximum absolute atomic E-state index is 12.5. The second-order valence-electron chi connectivity index (χ2n) is 6.26. The molecular weight excluding hydrogens is 280 g/mol. The number of rotatable bonds is 3. The Labute approximate surface area is 128 Å². The Bertz CT molecular complexity index is 678. The second-order valence-corrected chi connectivity index (χ2v) is 6.26. The van der Waals surface area contributed by atoms with Crippen LogP contribution in [0.4, 0.5) is 0 Å². The number of H-pyrrole nitrogens is 1. The van der Waals surface area contributed by atoms with Crippen LogP contribution in [0.25, 0.3) is 0 Å². The third-order valence-electron chi connectivity index (χ3n) is 4.67. The molecule has 3 heterocycles. The Morgan fingerprint density at radius 2 is 2.00 bits per heavy atom. The van der Waals surface area contributed by atoms with Gasteiger partial charge in [0.2, 0.25) is 0 Å². The zero-order chi connectivity index (χ0) is 15.1. The Hall–Kier alpha value is -2.18. The second kappa shape index (κ2) is 5.23. The first-order valence-corrected chi connectivity index (χ1v) is 7.92. The quantitative estimate of drug-likeness (QED) is 0.930. The maximum atomic E-state index is 12.5. The van der Waals surface area contributed by atoms with Crippen molar-refractivity contribution < 1.29 is 4.79 Å². The summed E-state index contributed by atoms with van der Waals surface area (Å²) in [5.74, 6) is 3.00. The number of hydrogen-bond acceptors (Lipinski definition) is 4. The van der Waals surface area contributed by atoms with Gasteiger partial charge in [-0.25, -0.2) is 4.98 Å². The molecule has 116 valence electrons. The number of aryl methyl sites for hydroxylation is 1. The van der Waals surface area contributed by atoms with Gasteiger partial charge in [0.25, 0.3) is 5.91 Å². The molecule has 0 spiro atoms. The topological polar surface area (TPSA) is 79.7 Å². The van der Waals surface area contributed by atoms with E-state index in [1.54, 1.807) is 24.0 Å². The summed E-state index contributed by atoms with van der Waals surface area (Å²) in [6.07, 6.45) is 5.96. The first-order chi connectivity index (χ1) is 10.7. The molecule has 2 aliphatic rings.